The van der Waals surface area contributed by atoms with Crippen molar-refractivity contribution in [1.82, 2.24) is 10.2 Å². The summed E-state index contributed by atoms with van der Waals surface area (Å²) in [6.07, 6.45) is 4.86. The molecular weight excluding hydrogens is 344 g/mol. The zero-order chi connectivity index (χ0) is 18.9. The van der Waals surface area contributed by atoms with E-state index in [1.807, 2.05) is 30.3 Å². The van der Waals surface area contributed by atoms with E-state index in [4.69, 9.17) is 4.74 Å². The maximum atomic E-state index is 12.5. The number of carbonyl (C=O) groups is 3. The van der Waals surface area contributed by atoms with E-state index in [1.54, 1.807) is 4.90 Å². The molecule has 1 aromatic rings. The third-order valence-electron chi connectivity index (χ3n) is 6.47. The molecule has 6 nitrogen and oxygen atoms in total. The first kappa shape index (κ1) is 18.2. The van der Waals surface area contributed by atoms with Crippen LogP contribution in [0.25, 0.3) is 0 Å². The highest BCUT2D eigenvalue weighted by molar-refractivity contribution is 6.07. The second-order valence-electron chi connectivity index (χ2n) is 8.25. The lowest BCUT2D eigenvalue weighted by atomic mass is 9.70. The van der Waals surface area contributed by atoms with Crippen LogP contribution in [0.1, 0.15) is 50.5 Å². The highest BCUT2D eigenvalue weighted by Gasteiger charge is 2.58. The van der Waals surface area contributed by atoms with Crippen LogP contribution in [0, 0.1) is 5.41 Å². The maximum Gasteiger partial charge on any atom is 0.325 e. The molecule has 144 valence electrons. The standard InChI is InChI=1S/C21H26N2O4/c24-17-7-11-20(12-8-17,15-27-13-16-5-2-1-3-6-16)14-23-19(26)22-18(25)21(23)9-4-10-21/h1-3,5-6H,4,7-15H2,(H,22,25,26). The number of amides is 3. The van der Waals surface area contributed by atoms with Gasteiger partial charge < -0.3 is 9.64 Å². The molecule has 0 aromatic heterocycles. The number of rotatable bonds is 6. The van der Waals surface area contributed by atoms with E-state index in [0.29, 0.717) is 45.4 Å². The SMILES string of the molecule is O=C1CCC(COCc2ccccc2)(CN2C(=O)NC(=O)C23CCC3)CC1. The van der Waals surface area contributed by atoms with Gasteiger partial charge in [-0.3, -0.25) is 14.9 Å². The first-order valence-electron chi connectivity index (χ1n) is 9.80. The molecule has 0 radical (unpaired) electrons. The normalized spacial score (nSPS) is 23.4. The number of Topliss-reactive ketones (excluding diaryl/α,β-unsaturated/α-hetero) is 1. The van der Waals surface area contributed by atoms with Gasteiger partial charge in [0, 0.05) is 24.8 Å². The quantitative estimate of drug-likeness (QED) is 0.782. The Kier molecular flexibility index (Phi) is 4.76. The minimum absolute atomic E-state index is 0.161. The molecule has 0 unspecified atom stereocenters. The van der Waals surface area contributed by atoms with Gasteiger partial charge in [0.25, 0.3) is 5.91 Å². The van der Waals surface area contributed by atoms with E-state index in [9.17, 15) is 14.4 Å². The zero-order valence-corrected chi connectivity index (χ0v) is 15.5. The summed E-state index contributed by atoms with van der Waals surface area (Å²) in [5, 5.41) is 2.50. The van der Waals surface area contributed by atoms with E-state index in [0.717, 1.165) is 24.8 Å². The first-order chi connectivity index (χ1) is 13.0. The zero-order valence-electron chi connectivity index (χ0n) is 15.5. The number of carbonyl (C=O) groups excluding carboxylic acids is 3. The van der Waals surface area contributed by atoms with Crippen molar-refractivity contribution in [3.63, 3.8) is 0 Å². The Labute approximate surface area is 159 Å². The molecule has 1 aliphatic heterocycles. The van der Waals surface area contributed by atoms with Crippen LogP contribution in [-0.2, 0) is 20.9 Å². The van der Waals surface area contributed by atoms with Crippen molar-refractivity contribution in [2.75, 3.05) is 13.2 Å². The molecule has 1 heterocycles. The summed E-state index contributed by atoms with van der Waals surface area (Å²) >= 11 is 0. The minimum Gasteiger partial charge on any atom is -0.376 e. The van der Waals surface area contributed by atoms with Crippen LogP contribution in [0.4, 0.5) is 4.79 Å². The Morgan fingerprint density at radius 1 is 1.00 bits per heavy atom. The number of ketones is 1. The Morgan fingerprint density at radius 2 is 1.70 bits per heavy atom. The smallest absolute Gasteiger partial charge is 0.325 e. The van der Waals surface area contributed by atoms with Gasteiger partial charge in [-0.25, -0.2) is 4.79 Å². The number of hydrogen-bond acceptors (Lipinski definition) is 4. The van der Waals surface area contributed by atoms with E-state index in [1.165, 1.54) is 0 Å². The van der Waals surface area contributed by atoms with Crippen LogP contribution < -0.4 is 5.32 Å². The molecule has 6 heteroatoms. The van der Waals surface area contributed by atoms with Crippen molar-refractivity contribution < 1.29 is 19.1 Å². The van der Waals surface area contributed by atoms with Crippen molar-refractivity contribution in [2.45, 2.75) is 57.1 Å². The molecule has 1 spiro atoms. The van der Waals surface area contributed by atoms with Gasteiger partial charge in [0.15, 0.2) is 0 Å². The number of urea groups is 1. The largest absolute Gasteiger partial charge is 0.376 e. The molecule has 4 rings (SSSR count). The van der Waals surface area contributed by atoms with Crippen molar-refractivity contribution in [3.8, 4) is 0 Å². The molecule has 1 aromatic carbocycles. The molecule has 27 heavy (non-hydrogen) atoms. The van der Waals surface area contributed by atoms with E-state index in [2.05, 4.69) is 5.32 Å². The molecule has 2 aliphatic carbocycles. The average Bonchev–Trinajstić information content (AvgIpc) is 2.88. The van der Waals surface area contributed by atoms with E-state index in [-0.39, 0.29) is 23.1 Å². The molecule has 3 amide bonds. The number of ether oxygens (including phenoxy) is 1. The fourth-order valence-corrected chi connectivity index (χ4v) is 4.53. The third-order valence-corrected chi connectivity index (χ3v) is 6.47. The van der Waals surface area contributed by atoms with Crippen LogP contribution in [0.15, 0.2) is 30.3 Å². The summed E-state index contributed by atoms with van der Waals surface area (Å²) in [4.78, 5) is 38.3. The van der Waals surface area contributed by atoms with Gasteiger partial charge in [-0.05, 0) is 37.7 Å². The van der Waals surface area contributed by atoms with Gasteiger partial charge in [-0.15, -0.1) is 0 Å². The van der Waals surface area contributed by atoms with Crippen molar-refractivity contribution >= 4 is 17.7 Å². The molecule has 3 fully saturated rings. The van der Waals surface area contributed by atoms with Crippen LogP contribution >= 0.6 is 0 Å². The van der Waals surface area contributed by atoms with Crippen LogP contribution in [-0.4, -0.2) is 41.3 Å². The van der Waals surface area contributed by atoms with Gasteiger partial charge in [0.05, 0.1) is 13.2 Å². The Bertz CT molecular complexity index is 732. The fourth-order valence-electron chi connectivity index (χ4n) is 4.53. The van der Waals surface area contributed by atoms with Gasteiger partial charge in [-0.2, -0.15) is 0 Å². The predicted octanol–water partition coefficient (Wildman–Crippen LogP) is 2.81. The van der Waals surface area contributed by atoms with Gasteiger partial charge in [0.1, 0.15) is 11.3 Å². The number of imide groups is 1. The predicted molar refractivity (Wildman–Crippen MR) is 98.8 cm³/mol. The molecule has 1 saturated heterocycles. The molecule has 1 N–H and O–H groups in total. The molecule has 2 saturated carbocycles. The summed E-state index contributed by atoms with van der Waals surface area (Å²) in [5.41, 5.74) is 0.169. The lowest BCUT2D eigenvalue weighted by molar-refractivity contribution is -0.133. The van der Waals surface area contributed by atoms with Gasteiger partial charge in [-0.1, -0.05) is 30.3 Å². The minimum atomic E-state index is -0.662. The van der Waals surface area contributed by atoms with Crippen molar-refractivity contribution in [3.05, 3.63) is 35.9 Å². The van der Waals surface area contributed by atoms with E-state index >= 15 is 0 Å². The van der Waals surface area contributed by atoms with Crippen LogP contribution in [0.5, 0.6) is 0 Å². The number of nitrogens with one attached hydrogen (secondary N) is 1. The summed E-state index contributed by atoms with van der Waals surface area (Å²) in [5.74, 6) is 0.111. The highest BCUT2D eigenvalue weighted by Crippen LogP contribution is 2.45. The lowest BCUT2D eigenvalue weighted by Gasteiger charge is -2.47. The highest BCUT2D eigenvalue weighted by atomic mass is 16.5. The second kappa shape index (κ2) is 7.08. The van der Waals surface area contributed by atoms with Crippen molar-refractivity contribution in [1.29, 1.82) is 0 Å². The van der Waals surface area contributed by atoms with Gasteiger partial charge >= 0.3 is 6.03 Å². The Morgan fingerprint density at radius 3 is 2.33 bits per heavy atom. The summed E-state index contributed by atoms with van der Waals surface area (Å²) in [6, 6.07) is 9.68. The van der Waals surface area contributed by atoms with E-state index < -0.39 is 5.54 Å². The summed E-state index contributed by atoms with van der Waals surface area (Å²) in [6.45, 7) is 1.47. The third kappa shape index (κ3) is 3.38. The molecular formula is C21H26N2O4. The fraction of sp³-hybridized carbons (Fsp3) is 0.571. The molecule has 0 bridgehead atoms. The second-order valence-corrected chi connectivity index (χ2v) is 8.25. The summed E-state index contributed by atoms with van der Waals surface area (Å²) in [7, 11) is 0. The first-order valence-corrected chi connectivity index (χ1v) is 9.80. The topological polar surface area (TPSA) is 75.7 Å². The monoisotopic (exact) mass is 370 g/mol. The average molecular weight is 370 g/mol. The van der Waals surface area contributed by atoms with Crippen LogP contribution in [0.3, 0.4) is 0 Å². The van der Waals surface area contributed by atoms with Crippen LogP contribution in [0.2, 0.25) is 0 Å². The Balaban J connectivity index is 1.48. The van der Waals surface area contributed by atoms with Gasteiger partial charge in [0.2, 0.25) is 0 Å². The van der Waals surface area contributed by atoms with Crippen molar-refractivity contribution in [2.24, 2.45) is 5.41 Å². The Hall–Kier alpha value is -2.21. The number of nitrogens with zero attached hydrogens (tertiary/aromatic N) is 1. The molecule has 3 aliphatic rings. The number of hydrogen-bond donors (Lipinski definition) is 1. The number of benzene rings is 1. The maximum absolute atomic E-state index is 12.5. The molecule has 0 atom stereocenters. The lowest BCUT2D eigenvalue weighted by Crippen LogP contribution is -2.58. The summed E-state index contributed by atoms with van der Waals surface area (Å²) < 4.78 is 6.04.